The van der Waals surface area contributed by atoms with Crippen LogP contribution in [0.4, 0.5) is 24.5 Å². The van der Waals surface area contributed by atoms with E-state index in [1.807, 2.05) is 24.3 Å². The van der Waals surface area contributed by atoms with E-state index in [0.29, 0.717) is 0 Å². The van der Waals surface area contributed by atoms with Gasteiger partial charge < -0.3 is 10.6 Å². The summed E-state index contributed by atoms with van der Waals surface area (Å²) in [6.45, 7) is 6.24. The molecule has 2 aromatic rings. The number of hydrogen-bond acceptors (Lipinski definition) is 1. The molecular formula is C18H19F3N2S. The molecule has 0 aliphatic carbocycles. The van der Waals surface area contributed by atoms with Crippen molar-refractivity contribution in [3.8, 4) is 0 Å². The van der Waals surface area contributed by atoms with Gasteiger partial charge in [0.05, 0.1) is 5.56 Å². The Kier molecular flexibility index (Phi) is 5.18. The first-order chi connectivity index (χ1) is 11.1. The van der Waals surface area contributed by atoms with Gasteiger partial charge in [-0.3, -0.25) is 0 Å². The number of anilines is 2. The summed E-state index contributed by atoms with van der Waals surface area (Å²) in [4.78, 5) is 0. The van der Waals surface area contributed by atoms with E-state index in [1.54, 1.807) is 6.07 Å². The second kappa shape index (κ2) is 6.81. The Morgan fingerprint density at radius 3 is 2.21 bits per heavy atom. The molecule has 0 aromatic heterocycles. The second-order valence-electron chi connectivity index (χ2n) is 6.45. The van der Waals surface area contributed by atoms with Crippen LogP contribution in [0, 0.1) is 0 Å². The fraction of sp³-hybridized carbons (Fsp3) is 0.278. The van der Waals surface area contributed by atoms with E-state index < -0.39 is 11.7 Å². The fourth-order valence-electron chi connectivity index (χ4n) is 2.30. The lowest BCUT2D eigenvalue weighted by molar-refractivity contribution is -0.137. The molecule has 0 fully saturated rings. The van der Waals surface area contributed by atoms with Crippen molar-refractivity contribution in [2.24, 2.45) is 0 Å². The number of benzene rings is 2. The minimum atomic E-state index is -4.38. The van der Waals surface area contributed by atoms with Crippen molar-refractivity contribution in [2.45, 2.75) is 32.4 Å². The van der Waals surface area contributed by atoms with Gasteiger partial charge >= 0.3 is 6.18 Å². The Hall–Kier alpha value is -2.08. The van der Waals surface area contributed by atoms with Crippen LogP contribution < -0.4 is 10.6 Å². The van der Waals surface area contributed by atoms with Gasteiger partial charge in [0.1, 0.15) is 0 Å². The third-order valence-corrected chi connectivity index (χ3v) is 3.64. The molecule has 0 aliphatic heterocycles. The molecular weight excluding hydrogens is 333 g/mol. The van der Waals surface area contributed by atoms with Crippen molar-refractivity contribution in [3.05, 3.63) is 59.7 Å². The summed E-state index contributed by atoms with van der Waals surface area (Å²) in [5, 5.41) is 6.11. The summed E-state index contributed by atoms with van der Waals surface area (Å²) in [5.74, 6) is 0. The Morgan fingerprint density at radius 1 is 0.917 bits per heavy atom. The molecule has 0 aliphatic rings. The van der Waals surface area contributed by atoms with Gasteiger partial charge in [0, 0.05) is 11.4 Å². The number of alkyl halides is 3. The van der Waals surface area contributed by atoms with Gasteiger partial charge in [-0.1, -0.05) is 45.0 Å². The zero-order valence-electron chi connectivity index (χ0n) is 13.7. The molecule has 2 nitrogen and oxygen atoms in total. The van der Waals surface area contributed by atoms with Crippen LogP contribution in [0.15, 0.2) is 48.5 Å². The average Bonchev–Trinajstić information content (AvgIpc) is 2.46. The third kappa shape index (κ3) is 4.71. The van der Waals surface area contributed by atoms with Crippen LogP contribution in [-0.2, 0) is 11.6 Å². The number of para-hydroxylation sites is 1. The van der Waals surface area contributed by atoms with Crippen molar-refractivity contribution >= 4 is 28.7 Å². The number of halogens is 3. The molecule has 0 saturated carbocycles. The molecule has 2 aromatic carbocycles. The molecule has 6 heteroatoms. The van der Waals surface area contributed by atoms with Crippen molar-refractivity contribution in [3.63, 3.8) is 0 Å². The first kappa shape index (κ1) is 18.3. The van der Waals surface area contributed by atoms with Gasteiger partial charge in [-0.25, -0.2) is 0 Å². The predicted molar refractivity (Wildman–Crippen MR) is 96.4 cm³/mol. The molecule has 0 heterocycles. The lowest BCUT2D eigenvalue weighted by Crippen LogP contribution is -2.22. The first-order valence-electron chi connectivity index (χ1n) is 7.42. The molecule has 128 valence electrons. The number of nitrogens with one attached hydrogen (secondary N) is 2. The van der Waals surface area contributed by atoms with E-state index in [1.165, 1.54) is 6.07 Å². The standard InChI is InChI=1S/C18H19F3N2S/c1-17(2,3)14-9-4-5-10-15(14)23-16(24)22-13-8-6-7-12(11-13)18(19,20)21/h4-11H,1-3H3,(H2,22,23,24). The summed E-state index contributed by atoms with van der Waals surface area (Å²) in [5.41, 5.74) is 1.38. The van der Waals surface area contributed by atoms with Crippen LogP contribution in [0.3, 0.4) is 0 Å². The Labute approximate surface area is 145 Å². The second-order valence-corrected chi connectivity index (χ2v) is 6.86. The van der Waals surface area contributed by atoms with Crippen LogP contribution in [0.2, 0.25) is 0 Å². The normalized spacial score (nSPS) is 11.9. The average molecular weight is 352 g/mol. The molecule has 0 saturated heterocycles. The SMILES string of the molecule is CC(C)(C)c1ccccc1NC(=S)Nc1cccc(C(F)(F)F)c1. The van der Waals surface area contributed by atoms with Gasteiger partial charge in [0.25, 0.3) is 0 Å². The largest absolute Gasteiger partial charge is 0.416 e. The third-order valence-electron chi connectivity index (χ3n) is 3.43. The van der Waals surface area contributed by atoms with Crippen molar-refractivity contribution < 1.29 is 13.2 Å². The summed E-state index contributed by atoms with van der Waals surface area (Å²) in [6, 6.07) is 12.6. The van der Waals surface area contributed by atoms with E-state index in [2.05, 4.69) is 31.4 Å². The van der Waals surface area contributed by atoms with Gasteiger partial charge in [-0.2, -0.15) is 13.2 Å². The topological polar surface area (TPSA) is 24.1 Å². The molecule has 0 amide bonds. The minimum Gasteiger partial charge on any atom is -0.332 e. The van der Waals surface area contributed by atoms with Crippen LogP contribution in [0.25, 0.3) is 0 Å². The summed E-state index contributed by atoms with van der Waals surface area (Å²) >= 11 is 5.23. The molecule has 0 atom stereocenters. The van der Waals surface area contributed by atoms with Crippen LogP contribution in [0.1, 0.15) is 31.9 Å². The van der Waals surface area contributed by atoms with Gasteiger partial charge in [-0.05, 0) is 47.5 Å². The van der Waals surface area contributed by atoms with Crippen LogP contribution in [0.5, 0.6) is 0 Å². The number of hydrogen-bond donors (Lipinski definition) is 2. The fourth-order valence-corrected chi connectivity index (χ4v) is 2.53. The number of thiocarbonyl (C=S) groups is 1. The molecule has 0 bridgehead atoms. The molecule has 2 rings (SSSR count). The first-order valence-corrected chi connectivity index (χ1v) is 7.83. The Bertz CT molecular complexity index is 734. The van der Waals surface area contributed by atoms with E-state index >= 15 is 0 Å². The highest BCUT2D eigenvalue weighted by atomic mass is 32.1. The van der Waals surface area contributed by atoms with E-state index in [4.69, 9.17) is 12.2 Å². The van der Waals surface area contributed by atoms with Crippen molar-refractivity contribution in [2.75, 3.05) is 10.6 Å². The molecule has 24 heavy (non-hydrogen) atoms. The van der Waals surface area contributed by atoms with Gasteiger partial charge in [0.2, 0.25) is 0 Å². The zero-order chi connectivity index (χ0) is 18.0. The molecule has 0 spiro atoms. The van der Waals surface area contributed by atoms with Crippen LogP contribution in [-0.4, -0.2) is 5.11 Å². The quantitative estimate of drug-likeness (QED) is 0.667. The van der Waals surface area contributed by atoms with Gasteiger partial charge in [0.15, 0.2) is 5.11 Å². The molecule has 0 unspecified atom stereocenters. The summed E-state index contributed by atoms with van der Waals surface area (Å²) in [7, 11) is 0. The summed E-state index contributed by atoms with van der Waals surface area (Å²) < 4.78 is 38.3. The monoisotopic (exact) mass is 352 g/mol. The number of rotatable bonds is 2. The maximum Gasteiger partial charge on any atom is 0.416 e. The zero-order valence-corrected chi connectivity index (χ0v) is 14.5. The Morgan fingerprint density at radius 2 is 1.58 bits per heavy atom. The van der Waals surface area contributed by atoms with E-state index in [-0.39, 0.29) is 16.2 Å². The molecule has 0 radical (unpaired) electrons. The lowest BCUT2D eigenvalue weighted by atomic mass is 9.86. The highest BCUT2D eigenvalue weighted by Gasteiger charge is 2.30. The lowest BCUT2D eigenvalue weighted by Gasteiger charge is -2.23. The molecule has 2 N–H and O–H groups in total. The Balaban J connectivity index is 2.16. The smallest absolute Gasteiger partial charge is 0.332 e. The highest BCUT2D eigenvalue weighted by molar-refractivity contribution is 7.80. The maximum atomic E-state index is 12.8. The van der Waals surface area contributed by atoms with E-state index in [9.17, 15) is 13.2 Å². The van der Waals surface area contributed by atoms with Crippen LogP contribution >= 0.6 is 12.2 Å². The maximum absolute atomic E-state index is 12.8. The highest BCUT2D eigenvalue weighted by Crippen LogP contribution is 2.31. The van der Waals surface area contributed by atoms with Crippen molar-refractivity contribution in [1.29, 1.82) is 0 Å². The summed E-state index contributed by atoms with van der Waals surface area (Å²) in [6.07, 6.45) is -4.38. The predicted octanol–water partition coefficient (Wildman–Crippen LogP) is 5.81. The van der Waals surface area contributed by atoms with E-state index in [0.717, 1.165) is 23.4 Å². The van der Waals surface area contributed by atoms with Gasteiger partial charge in [-0.15, -0.1) is 0 Å². The van der Waals surface area contributed by atoms with Crippen molar-refractivity contribution in [1.82, 2.24) is 0 Å². The minimum absolute atomic E-state index is 0.0879.